The van der Waals surface area contributed by atoms with Crippen molar-refractivity contribution in [2.24, 2.45) is 5.92 Å². The molecule has 1 rings (SSSR count). The lowest BCUT2D eigenvalue weighted by atomic mass is 10.0. The molecular formula is C15H24O5S. The lowest BCUT2D eigenvalue weighted by Gasteiger charge is -2.21. The van der Waals surface area contributed by atoms with Gasteiger partial charge in [-0.05, 0) is 31.2 Å². The summed E-state index contributed by atoms with van der Waals surface area (Å²) in [5, 5.41) is 0. The van der Waals surface area contributed by atoms with E-state index in [9.17, 15) is 8.42 Å². The lowest BCUT2D eigenvalue weighted by molar-refractivity contribution is 0.0326. The molecule has 1 aromatic rings. The van der Waals surface area contributed by atoms with E-state index in [-0.39, 0.29) is 12.0 Å². The topological polar surface area (TPSA) is 72.8 Å². The maximum absolute atomic E-state index is 10.8. The van der Waals surface area contributed by atoms with Crippen molar-refractivity contribution in [3.8, 4) is 0 Å². The smallest absolute Gasteiger partial charge is 0.374 e. The van der Waals surface area contributed by atoms with Gasteiger partial charge >= 0.3 is 10.4 Å². The monoisotopic (exact) mass is 316 g/mol. The maximum Gasteiger partial charge on any atom is 0.397 e. The second kappa shape index (κ2) is 8.48. The summed E-state index contributed by atoms with van der Waals surface area (Å²) in [5.41, 5.74) is 1.10. The van der Waals surface area contributed by atoms with Crippen molar-refractivity contribution in [3.63, 3.8) is 0 Å². The van der Waals surface area contributed by atoms with Gasteiger partial charge in [0.05, 0.1) is 18.8 Å². The SMILES string of the molecule is CC(C)[C@@H](CC[C@@H](C)OCc1ccccc1)OS(=O)(=O)O. The van der Waals surface area contributed by atoms with Gasteiger partial charge in [-0.3, -0.25) is 4.55 Å². The van der Waals surface area contributed by atoms with E-state index in [1.807, 2.05) is 51.1 Å². The Morgan fingerprint density at radius 2 is 1.71 bits per heavy atom. The third-order valence-electron chi connectivity index (χ3n) is 3.22. The molecule has 120 valence electrons. The fourth-order valence-corrected chi connectivity index (χ4v) is 2.57. The fraction of sp³-hybridized carbons (Fsp3) is 0.600. The Kier molecular flexibility index (Phi) is 7.31. The largest absolute Gasteiger partial charge is 0.397 e. The highest BCUT2D eigenvalue weighted by Gasteiger charge is 2.21. The molecule has 0 aliphatic rings. The van der Waals surface area contributed by atoms with Crippen molar-refractivity contribution in [2.45, 2.75) is 52.4 Å². The van der Waals surface area contributed by atoms with Crippen molar-refractivity contribution in [1.82, 2.24) is 0 Å². The first kappa shape index (κ1) is 18.1. The Hall–Kier alpha value is -0.950. The van der Waals surface area contributed by atoms with Crippen LogP contribution in [0.2, 0.25) is 0 Å². The molecule has 0 aliphatic carbocycles. The Morgan fingerprint density at radius 1 is 1.10 bits per heavy atom. The number of benzene rings is 1. The van der Waals surface area contributed by atoms with Crippen LogP contribution in [0.1, 0.15) is 39.2 Å². The van der Waals surface area contributed by atoms with Crippen molar-refractivity contribution < 1.29 is 21.9 Å². The number of ether oxygens (including phenoxy) is 1. The fourth-order valence-electron chi connectivity index (χ4n) is 1.94. The first-order valence-electron chi connectivity index (χ1n) is 7.09. The van der Waals surface area contributed by atoms with Gasteiger partial charge in [0.15, 0.2) is 0 Å². The third-order valence-corrected chi connectivity index (χ3v) is 3.71. The van der Waals surface area contributed by atoms with Crippen LogP contribution in [-0.4, -0.2) is 25.2 Å². The van der Waals surface area contributed by atoms with Crippen LogP contribution >= 0.6 is 0 Å². The van der Waals surface area contributed by atoms with E-state index >= 15 is 0 Å². The van der Waals surface area contributed by atoms with E-state index in [0.29, 0.717) is 19.4 Å². The van der Waals surface area contributed by atoms with Crippen molar-refractivity contribution in [3.05, 3.63) is 35.9 Å². The first-order chi connectivity index (χ1) is 9.78. The zero-order valence-electron chi connectivity index (χ0n) is 12.7. The predicted molar refractivity (Wildman–Crippen MR) is 81.2 cm³/mol. The van der Waals surface area contributed by atoms with E-state index in [1.54, 1.807) is 0 Å². The molecule has 0 saturated heterocycles. The Morgan fingerprint density at radius 3 is 2.24 bits per heavy atom. The molecule has 2 atom stereocenters. The van der Waals surface area contributed by atoms with Crippen LogP contribution < -0.4 is 0 Å². The van der Waals surface area contributed by atoms with Crippen molar-refractivity contribution >= 4 is 10.4 Å². The molecular weight excluding hydrogens is 292 g/mol. The first-order valence-corrected chi connectivity index (χ1v) is 8.45. The minimum atomic E-state index is -4.41. The molecule has 0 saturated carbocycles. The average Bonchev–Trinajstić information content (AvgIpc) is 2.41. The number of hydrogen-bond acceptors (Lipinski definition) is 4. The average molecular weight is 316 g/mol. The minimum absolute atomic E-state index is 0.00625. The number of hydrogen-bond donors (Lipinski definition) is 1. The molecule has 0 amide bonds. The molecule has 0 spiro atoms. The second-order valence-corrected chi connectivity index (χ2v) is 6.54. The van der Waals surface area contributed by atoms with E-state index < -0.39 is 16.5 Å². The standard InChI is InChI=1S/C15H24O5S/c1-12(2)15(20-21(16,17)18)10-9-13(3)19-11-14-7-5-4-6-8-14/h4-8,12-13,15H,9-11H2,1-3H3,(H,16,17,18)/t13-,15-/m1/s1. The molecule has 5 nitrogen and oxygen atoms in total. The zero-order valence-corrected chi connectivity index (χ0v) is 13.5. The highest BCUT2D eigenvalue weighted by molar-refractivity contribution is 7.80. The highest BCUT2D eigenvalue weighted by atomic mass is 32.3. The van der Waals surface area contributed by atoms with Gasteiger partial charge in [0.25, 0.3) is 0 Å². The van der Waals surface area contributed by atoms with E-state index in [1.165, 1.54) is 0 Å². The number of rotatable bonds is 9. The molecule has 0 unspecified atom stereocenters. The van der Waals surface area contributed by atoms with Gasteiger partial charge in [-0.2, -0.15) is 8.42 Å². The highest BCUT2D eigenvalue weighted by Crippen LogP contribution is 2.18. The van der Waals surface area contributed by atoms with Gasteiger partial charge in [0.1, 0.15) is 0 Å². The molecule has 1 N–H and O–H groups in total. The van der Waals surface area contributed by atoms with E-state index in [0.717, 1.165) is 5.56 Å². The van der Waals surface area contributed by atoms with Crippen LogP contribution in [0, 0.1) is 5.92 Å². The van der Waals surface area contributed by atoms with E-state index in [2.05, 4.69) is 4.18 Å². The molecule has 0 bridgehead atoms. The second-order valence-electron chi connectivity index (χ2n) is 5.49. The van der Waals surface area contributed by atoms with Crippen molar-refractivity contribution in [2.75, 3.05) is 0 Å². The van der Waals surface area contributed by atoms with Crippen LogP contribution in [-0.2, 0) is 25.9 Å². The summed E-state index contributed by atoms with van der Waals surface area (Å²) in [7, 11) is -4.41. The van der Waals surface area contributed by atoms with Crippen LogP contribution in [0.15, 0.2) is 30.3 Å². The summed E-state index contributed by atoms with van der Waals surface area (Å²) in [4.78, 5) is 0. The molecule has 0 heterocycles. The molecule has 0 radical (unpaired) electrons. The zero-order chi connectivity index (χ0) is 15.9. The molecule has 21 heavy (non-hydrogen) atoms. The van der Waals surface area contributed by atoms with Crippen molar-refractivity contribution in [1.29, 1.82) is 0 Å². The van der Waals surface area contributed by atoms with Gasteiger partial charge in [-0.1, -0.05) is 44.2 Å². The summed E-state index contributed by atoms with van der Waals surface area (Å²) in [6.45, 7) is 6.16. The molecule has 6 heteroatoms. The molecule has 1 aromatic carbocycles. The Balaban J connectivity index is 2.37. The summed E-state index contributed by atoms with van der Waals surface area (Å²) >= 11 is 0. The van der Waals surface area contributed by atoms with Crippen LogP contribution in [0.4, 0.5) is 0 Å². The van der Waals surface area contributed by atoms with Crippen LogP contribution in [0.3, 0.4) is 0 Å². The van der Waals surface area contributed by atoms with Gasteiger partial charge in [0, 0.05) is 0 Å². The normalized spacial score (nSPS) is 15.1. The summed E-state index contributed by atoms with van der Waals surface area (Å²) < 4.78 is 40.8. The van der Waals surface area contributed by atoms with E-state index in [4.69, 9.17) is 9.29 Å². The maximum atomic E-state index is 10.8. The van der Waals surface area contributed by atoms with Crippen LogP contribution in [0.25, 0.3) is 0 Å². The van der Waals surface area contributed by atoms with Gasteiger partial charge in [-0.15, -0.1) is 0 Å². The summed E-state index contributed by atoms with van der Waals surface area (Å²) in [6.07, 6.45) is 0.609. The van der Waals surface area contributed by atoms with Gasteiger partial charge in [-0.25, -0.2) is 4.18 Å². The van der Waals surface area contributed by atoms with Crippen LogP contribution in [0.5, 0.6) is 0 Å². The summed E-state index contributed by atoms with van der Waals surface area (Å²) in [5.74, 6) is -0.00625. The predicted octanol–water partition coefficient (Wildman–Crippen LogP) is 3.22. The summed E-state index contributed by atoms with van der Waals surface area (Å²) in [6, 6.07) is 9.85. The minimum Gasteiger partial charge on any atom is -0.374 e. The molecule has 0 aromatic heterocycles. The van der Waals surface area contributed by atoms with Gasteiger partial charge < -0.3 is 4.74 Å². The quantitative estimate of drug-likeness (QED) is 0.708. The Labute approximate surface area is 127 Å². The Bertz CT molecular complexity index is 498. The van der Waals surface area contributed by atoms with Gasteiger partial charge in [0.2, 0.25) is 0 Å². The lowest BCUT2D eigenvalue weighted by Crippen LogP contribution is -2.25. The molecule has 0 aliphatic heterocycles. The molecule has 0 fully saturated rings. The third kappa shape index (κ3) is 8.16.